The van der Waals surface area contributed by atoms with Crippen LogP contribution in [-0.4, -0.2) is 21.4 Å². The SMILES string of the molecule is O=C(N[C@H]1CCSc2ccc(F)cc21)c1cnn(-c2ccccc2)c1. The van der Waals surface area contributed by atoms with Crippen LogP contribution >= 0.6 is 11.8 Å². The molecule has 1 aliphatic rings. The molecule has 4 nitrogen and oxygen atoms in total. The van der Waals surface area contributed by atoms with E-state index in [1.807, 2.05) is 30.3 Å². The first-order valence-corrected chi connectivity index (χ1v) is 9.02. The van der Waals surface area contributed by atoms with E-state index >= 15 is 0 Å². The minimum Gasteiger partial charge on any atom is -0.345 e. The Morgan fingerprint density at radius 3 is 2.92 bits per heavy atom. The topological polar surface area (TPSA) is 46.9 Å². The highest BCUT2D eigenvalue weighted by Crippen LogP contribution is 2.36. The summed E-state index contributed by atoms with van der Waals surface area (Å²) in [6.45, 7) is 0. The zero-order valence-corrected chi connectivity index (χ0v) is 14.2. The molecule has 1 aromatic heterocycles. The molecule has 25 heavy (non-hydrogen) atoms. The lowest BCUT2D eigenvalue weighted by Crippen LogP contribution is -2.30. The zero-order valence-electron chi connectivity index (χ0n) is 13.4. The average molecular weight is 353 g/mol. The van der Waals surface area contributed by atoms with E-state index in [0.29, 0.717) is 5.56 Å². The summed E-state index contributed by atoms with van der Waals surface area (Å²) in [6.07, 6.45) is 4.03. The van der Waals surface area contributed by atoms with Gasteiger partial charge in [0.2, 0.25) is 0 Å². The smallest absolute Gasteiger partial charge is 0.254 e. The fraction of sp³-hybridized carbons (Fsp3) is 0.158. The number of benzene rings is 2. The molecule has 126 valence electrons. The van der Waals surface area contributed by atoms with Crippen molar-refractivity contribution in [3.63, 3.8) is 0 Å². The van der Waals surface area contributed by atoms with Crippen molar-refractivity contribution in [3.8, 4) is 5.69 Å². The van der Waals surface area contributed by atoms with Crippen molar-refractivity contribution >= 4 is 17.7 Å². The summed E-state index contributed by atoms with van der Waals surface area (Å²) in [5, 5.41) is 7.26. The van der Waals surface area contributed by atoms with E-state index in [1.165, 1.54) is 12.1 Å². The number of nitrogens with zero attached hydrogens (tertiary/aromatic N) is 2. The van der Waals surface area contributed by atoms with Crippen LogP contribution < -0.4 is 5.32 Å². The maximum atomic E-state index is 13.6. The minimum atomic E-state index is -0.280. The molecule has 0 aliphatic carbocycles. The predicted molar refractivity (Wildman–Crippen MR) is 95.5 cm³/mol. The van der Waals surface area contributed by atoms with Crippen molar-refractivity contribution < 1.29 is 9.18 Å². The Kier molecular flexibility index (Phi) is 4.28. The number of amides is 1. The summed E-state index contributed by atoms with van der Waals surface area (Å²) >= 11 is 1.69. The van der Waals surface area contributed by atoms with Crippen molar-refractivity contribution in [3.05, 3.63) is 77.9 Å². The maximum Gasteiger partial charge on any atom is 0.254 e. The summed E-state index contributed by atoms with van der Waals surface area (Å²) in [7, 11) is 0. The normalized spacial score (nSPS) is 16.3. The second-order valence-electron chi connectivity index (χ2n) is 5.85. The Bertz CT molecular complexity index is 910. The van der Waals surface area contributed by atoms with Crippen molar-refractivity contribution in [2.45, 2.75) is 17.4 Å². The van der Waals surface area contributed by atoms with Gasteiger partial charge in [0.25, 0.3) is 5.91 Å². The van der Waals surface area contributed by atoms with E-state index in [0.717, 1.165) is 28.3 Å². The third-order valence-electron chi connectivity index (χ3n) is 4.18. The lowest BCUT2D eigenvalue weighted by molar-refractivity contribution is 0.0935. The first-order chi connectivity index (χ1) is 12.2. The Balaban J connectivity index is 1.54. The summed E-state index contributed by atoms with van der Waals surface area (Å²) in [5.41, 5.74) is 2.23. The van der Waals surface area contributed by atoms with Gasteiger partial charge in [0.15, 0.2) is 0 Å². The summed E-state index contributed by atoms with van der Waals surface area (Å²) in [6, 6.07) is 14.2. The van der Waals surface area contributed by atoms with Crippen molar-refractivity contribution in [1.29, 1.82) is 0 Å². The van der Waals surface area contributed by atoms with Gasteiger partial charge in [-0.25, -0.2) is 9.07 Å². The molecule has 2 heterocycles. The quantitative estimate of drug-likeness (QED) is 0.775. The molecule has 1 N–H and O–H groups in total. The molecule has 1 amide bonds. The fourth-order valence-corrected chi connectivity index (χ4v) is 4.02. The van der Waals surface area contributed by atoms with Gasteiger partial charge in [-0.1, -0.05) is 18.2 Å². The van der Waals surface area contributed by atoms with E-state index in [1.54, 1.807) is 34.9 Å². The van der Waals surface area contributed by atoms with Crippen molar-refractivity contribution in [1.82, 2.24) is 15.1 Å². The molecule has 0 fully saturated rings. The lowest BCUT2D eigenvalue weighted by Gasteiger charge is -2.25. The van der Waals surface area contributed by atoms with Gasteiger partial charge in [0.1, 0.15) is 5.82 Å². The molecule has 2 aromatic carbocycles. The second kappa shape index (κ2) is 6.72. The predicted octanol–water partition coefficient (Wildman–Crippen LogP) is 3.98. The van der Waals surface area contributed by atoms with Crippen LogP contribution in [0.2, 0.25) is 0 Å². The molecule has 0 bridgehead atoms. The Hall–Kier alpha value is -2.60. The van der Waals surface area contributed by atoms with Crippen LogP contribution in [0.15, 0.2) is 65.8 Å². The minimum absolute atomic E-state index is 0.181. The van der Waals surface area contributed by atoms with Crippen LogP contribution in [-0.2, 0) is 0 Å². The highest BCUT2D eigenvalue weighted by atomic mass is 32.2. The van der Waals surface area contributed by atoms with Crippen molar-refractivity contribution in [2.24, 2.45) is 0 Å². The zero-order chi connectivity index (χ0) is 17.2. The monoisotopic (exact) mass is 353 g/mol. The molecule has 0 saturated heterocycles. The number of rotatable bonds is 3. The third-order valence-corrected chi connectivity index (χ3v) is 5.30. The Labute approximate surface area is 149 Å². The molecule has 0 radical (unpaired) electrons. The molecular weight excluding hydrogens is 337 g/mol. The average Bonchev–Trinajstić information content (AvgIpc) is 3.13. The first kappa shape index (κ1) is 15.9. The van der Waals surface area contributed by atoms with Gasteiger partial charge in [-0.3, -0.25) is 4.79 Å². The van der Waals surface area contributed by atoms with E-state index in [-0.39, 0.29) is 17.8 Å². The van der Waals surface area contributed by atoms with E-state index in [9.17, 15) is 9.18 Å². The Morgan fingerprint density at radius 1 is 1.24 bits per heavy atom. The number of carbonyl (C=O) groups excluding carboxylic acids is 1. The molecule has 3 aromatic rings. The molecule has 0 unspecified atom stereocenters. The number of nitrogens with one attached hydrogen (secondary N) is 1. The maximum absolute atomic E-state index is 13.6. The molecule has 0 spiro atoms. The summed E-state index contributed by atoms with van der Waals surface area (Å²) in [5.74, 6) is 0.416. The second-order valence-corrected chi connectivity index (χ2v) is 6.99. The van der Waals surface area contributed by atoms with Gasteiger partial charge >= 0.3 is 0 Å². The largest absolute Gasteiger partial charge is 0.345 e. The number of carbonyl (C=O) groups is 1. The van der Waals surface area contributed by atoms with Crippen LogP contribution in [0.3, 0.4) is 0 Å². The van der Waals surface area contributed by atoms with Gasteiger partial charge in [-0.2, -0.15) is 5.10 Å². The van der Waals surface area contributed by atoms with E-state index in [2.05, 4.69) is 10.4 Å². The molecule has 6 heteroatoms. The molecule has 4 rings (SSSR count). The number of hydrogen-bond acceptors (Lipinski definition) is 3. The number of halogens is 1. The number of thioether (sulfide) groups is 1. The highest BCUT2D eigenvalue weighted by Gasteiger charge is 2.23. The van der Waals surface area contributed by atoms with Crippen LogP contribution in [0.4, 0.5) is 4.39 Å². The van der Waals surface area contributed by atoms with Gasteiger partial charge < -0.3 is 5.32 Å². The van der Waals surface area contributed by atoms with Gasteiger partial charge in [0.05, 0.1) is 23.5 Å². The first-order valence-electron chi connectivity index (χ1n) is 8.04. The number of aromatic nitrogens is 2. The number of para-hydroxylation sites is 1. The number of hydrogen-bond donors (Lipinski definition) is 1. The van der Waals surface area contributed by atoms with E-state index in [4.69, 9.17) is 0 Å². The highest BCUT2D eigenvalue weighted by molar-refractivity contribution is 7.99. The fourth-order valence-electron chi connectivity index (χ4n) is 2.92. The van der Waals surface area contributed by atoms with Crippen LogP contribution in [0, 0.1) is 5.82 Å². The van der Waals surface area contributed by atoms with Crippen LogP contribution in [0.5, 0.6) is 0 Å². The summed E-state index contributed by atoms with van der Waals surface area (Å²) in [4.78, 5) is 13.6. The number of fused-ring (bicyclic) bond motifs is 1. The lowest BCUT2D eigenvalue weighted by atomic mass is 10.0. The van der Waals surface area contributed by atoms with Crippen LogP contribution in [0.1, 0.15) is 28.4 Å². The standard InChI is InChI=1S/C19H16FN3OS/c20-14-6-7-18-16(10-14)17(8-9-25-18)22-19(24)13-11-21-23(12-13)15-4-2-1-3-5-15/h1-7,10-12,17H,8-9H2,(H,22,24)/t17-/m0/s1. The third kappa shape index (κ3) is 3.30. The van der Waals surface area contributed by atoms with Crippen molar-refractivity contribution in [2.75, 3.05) is 5.75 Å². The van der Waals surface area contributed by atoms with Gasteiger partial charge in [-0.05, 0) is 42.3 Å². The van der Waals surface area contributed by atoms with Crippen LogP contribution in [0.25, 0.3) is 5.69 Å². The van der Waals surface area contributed by atoms with Gasteiger partial charge in [-0.15, -0.1) is 11.8 Å². The molecule has 1 aliphatic heterocycles. The molecule has 1 atom stereocenters. The molecule has 0 saturated carbocycles. The van der Waals surface area contributed by atoms with Gasteiger partial charge in [0, 0.05) is 16.8 Å². The Morgan fingerprint density at radius 2 is 2.08 bits per heavy atom. The molecular formula is C19H16FN3OS. The van der Waals surface area contributed by atoms with E-state index < -0.39 is 0 Å². The summed E-state index contributed by atoms with van der Waals surface area (Å²) < 4.78 is 15.2.